The standard InChI is InChI=1S/C18H19ClF2N2O3/c1-3-25-16-8-7-13(10-15(16)19)23-18(24)22-11(2)12-5-4-6-14(9-12)26-17(20)21/h4-11,17H,3H2,1-2H3,(H2,22,23,24). The molecule has 0 fully saturated rings. The van der Waals surface area contributed by atoms with Gasteiger partial charge in [-0.05, 0) is 49.7 Å². The molecule has 0 aliphatic rings. The molecule has 1 atom stereocenters. The molecular formula is C18H19ClF2N2O3. The Balaban J connectivity index is 1.98. The summed E-state index contributed by atoms with van der Waals surface area (Å²) in [5.41, 5.74) is 1.13. The maximum absolute atomic E-state index is 12.3. The molecule has 0 radical (unpaired) electrons. The Hall–Kier alpha value is -2.54. The molecule has 2 amide bonds. The summed E-state index contributed by atoms with van der Waals surface area (Å²) in [4.78, 5) is 12.1. The van der Waals surface area contributed by atoms with Crippen molar-refractivity contribution in [3.8, 4) is 11.5 Å². The summed E-state index contributed by atoms with van der Waals surface area (Å²) < 4.78 is 34.3. The summed E-state index contributed by atoms with van der Waals surface area (Å²) in [6.45, 7) is 1.16. The van der Waals surface area contributed by atoms with Gasteiger partial charge >= 0.3 is 12.6 Å². The number of urea groups is 1. The van der Waals surface area contributed by atoms with E-state index in [-0.39, 0.29) is 5.75 Å². The first-order valence-electron chi connectivity index (χ1n) is 7.93. The van der Waals surface area contributed by atoms with Crippen LogP contribution in [0.3, 0.4) is 0 Å². The molecule has 2 aromatic carbocycles. The Labute approximate surface area is 155 Å². The van der Waals surface area contributed by atoms with E-state index in [1.807, 2.05) is 6.92 Å². The van der Waals surface area contributed by atoms with Crippen LogP contribution in [0.2, 0.25) is 5.02 Å². The van der Waals surface area contributed by atoms with Crippen LogP contribution >= 0.6 is 11.6 Å². The maximum atomic E-state index is 12.3. The van der Waals surface area contributed by atoms with Crippen molar-refractivity contribution in [2.24, 2.45) is 0 Å². The van der Waals surface area contributed by atoms with Gasteiger partial charge < -0.3 is 20.1 Å². The fourth-order valence-corrected chi connectivity index (χ4v) is 2.49. The van der Waals surface area contributed by atoms with Crippen molar-refractivity contribution in [2.45, 2.75) is 26.5 Å². The molecule has 0 spiro atoms. The third-order valence-electron chi connectivity index (χ3n) is 3.42. The predicted octanol–water partition coefficient (Wildman–Crippen LogP) is 5.22. The van der Waals surface area contributed by atoms with Crippen LogP contribution in [0.5, 0.6) is 11.5 Å². The zero-order valence-electron chi connectivity index (χ0n) is 14.3. The highest BCUT2D eigenvalue weighted by atomic mass is 35.5. The monoisotopic (exact) mass is 384 g/mol. The maximum Gasteiger partial charge on any atom is 0.387 e. The van der Waals surface area contributed by atoms with Gasteiger partial charge in [0.1, 0.15) is 11.5 Å². The quantitative estimate of drug-likeness (QED) is 0.687. The predicted molar refractivity (Wildman–Crippen MR) is 96.3 cm³/mol. The molecule has 26 heavy (non-hydrogen) atoms. The average molecular weight is 385 g/mol. The number of anilines is 1. The van der Waals surface area contributed by atoms with Crippen LogP contribution in [0.25, 0.3) is 0 Å². The summed E-state index contributed by atoms with van der Waals surface area (Å²) in [6.07, 6.45) is 0. The summed E-state index contributed by atoms with van der Waals surface area (Å²) in [5, 5.41) is 5.76. The summed E-state index contributed by atoms with van der Waals surface area (Å²) in [5.74, 6) is 0.564. The van der Waals surface area contributed by atoms with Gasteiger partial charge in [-0.15, -0.1) is 0 Å². The second kappa shape index (κ2) is 9.24. The third kappa shape index (κ3) is 5.77. The molecule has 0 saturated carbocycles. The summed E-state index contributed by atoms with van der Waals surface area (Å²) >= 11 is 6.08. The summed E-state index contributed by atoms with van der Waals surface area (Å²) in [6, 6.07) is 10.2. The van der Waals surface area contributed by atoms with Gasteiger partial charge in [0.2, 0.25) is 0 Å². The molecule has 140 valence electrons. The lowest BCUT2D eigenvalue weighted by molar-refractivity contribution is -0.0499. The minimum atomic E-state index is -2.90. The van der Waals surface area contributed by atoms with Gasteiger partial charge in [-0.1, -0.05) is 23.7 Å². The molecule has 2 rings (SSSR count). The van der Waals surface area contributed by atoms with Gasteiger partial charge in [-0.2, -0.15) is 8.78 Å². The molecule has 5 nitrogen and oxygen atoms in total. The van der Waals surface area contributed by atoms with Gasteiger partial charge in [0.25, 0.3) is 0 Å². The number of amides is 2. The van der Waals surface area contributed by atoms with Crippen molar-refractivity contribution in [3.63, 3.8) is 0 Å². The number of ether oxygens (including phenoxy) is 2. The fourth-order valence-electron chi connectivity index (χ4n) is 2.26. The van der Waals surface area contributed by atoms with Crippen LogP contribution in [0.15, 0.2) is 42.5 Å². The number of nitrogens with one attached hydrogen (secondary N) is 2. The Morgan fingerprint density at radius 1 is 1.23 bits per heavy atom. The number of carbonyl (C=O) groups is 1. The van der Waals surface area contributed by atoms with Gasteiger partial charge in [0.15, 0.2) is 0 Å². The minimum Gasteiger partial charge on any atom is -0.492 e. The first-order chi connectivity index (χ1) is 12.4. The second-order valence-electron chi connectivity index (χ2n) is 5.35. The van der Waals surface area contributed by atoms with Crippen molar-refractivity contribution >= 4 is 23.3 Å². The molecule has 2 aromatic rings. The molecule has 1 unspecified atom stereocenters. The molecule has 0 bridgehead atoms. The van der Waals surface area contributed by atoms with E-state index in [4.69, 9.17) is 16.3 Å². The number of hydrogen-bond acceptors (Lipinski definition) is 3. The second-order valence-corrected chi connectivity index (χ2v) is 5.76. The third-order valence-corrected chi connectivity index (χ3v) is 3.72. The molecule has 0 saturated heterocycles. The zero-order chi connectivity index (χ0) is 19.1. The Kier molecular flexibility index (Phi) is 7.03. The largest absolute Gasteiger partial charge is 0.492 e. The van der Waals surface area contributed by atoms with Crippen molar-refractivity contribution in [3.05, 3.63) is 53.1 Å². The van der Waals surface area contributed by atoms with E-state index in [1.54, 1.807) is 37.3 Å². The van der Waals surface area contributed by atoms with Gasteiger partial charge in [-0.3, -0.25) is 0 Å². The van der Waals surface area contributed by atoms with Crippen LogP contribution in [-0.2, 0) is 0 Å². The van der Waals surface area contributed by atoms with Crippen molar-refractivity contribution in [1.29, 1.82) is 0 Å². The SMILES string of the molecule is CCOc1ccc(NC(=O)NC(C)c2cccc(OC(F)F)c2)cc1Cl. The van der Waals surface area contributed by atoms with E-state index >= 15 is 0 Å². The highest BCUT2D eigenvalue weighted by molar-refractivity contribution is 6.32. The zero-order valence-corrected chi connectivity index (χ0v) is 15.0. The van der Waals surface area contributed by atoms with E-state index in [1.165, 1.54) is 12.1 Å². The van der Waals surface area contributed by atoms with Gasteiger partial charge in [0, 0.05) is 5.69 Å². The Morgan fingerprint density at radius 2 is 2.00 bits per heavy atom. The summed E-state index contributed by atoms with van der Waals surface area (Å²) in [7, 11) is 0. The average Bonchev–Trinajstić information content (AvgIpc) is 2.57. The number of carbonyl (C=O) groups excluding carboxylic acids is 1. The van der Waals surface area contributed by atoms with Crippen molar-refractivity contribution < 1.29 is 23.0 Å². The molecule has 2 N–H and O–H groups in total. The number of rotatable bonds is 7. The Morgan fingerprint density at radius 3 is 2.65 bits per heavy atom. The Bertz CT molecular complexity index is 759. The smallest absolute Gasteiger partial charge is 0.387 e. The lowest BCUT2D eigenvalue weighted by Crippen LogP contribution is -2.31. The van der Waals surface area contributed by atoms with E-state index in [0.717, 1.165) is 0 Å². The lowest BCUT2D eigenvalue weighted by atomic mass is 10.1. The first kappa shape index (κ1) is 19.8. The van der Waals surface area contributed by atoms with Crippen molar-refractivity contribution in [1.82, 2.24) is 5.32 Å². The van der Waals surface area contributed by atoms with E-state index in [2.05, 4.69) is 15.4 Å². The lowest BCUT2D eigenvalue weighted by Gasteiger charge is -2.16. The van der Waals surface area contributed by atoms with Crippen LogP contribution in [0, 0.1) is 0 Å². The number of alkyl halides is 2. The van der Waals surface area contributed by atoms with Crippen LogP contribution in [-0.4, -0.2) is 19.2 Å². The molecule has 0 aromatic heterocycles. The molecule has 0 aliphatic carbocycles. The van der Waals surface area contributed by atoms with Crippen LogP contribution in [0.4, 0.5) is 19.3 Å². The van der Waals surface area contributed by atoms with E-state index in [9.17, 15) is 13.6 Å². The van der Waals surface area contributed by atoms with E-state index in [0.29, 0.717) is 28.6 Å². The normalized spacial score (nSPS) is 11.8. The fraction of sp³-hybridized carbons (Fsp3) is 0.278. The van der Waals surface area contributed by atoms with Crippen molar-refractivity contribution in [2.75, 3.05) is 11.9 Å². The molecule has 0 aliphatic heterocycles. The van der Waals surface area contributed by atoms with Crippen LogP contribution < -0.4 is 20.1 Å². The molecule has 0 heterocycles. The number of halogens is 3. The topological polar surface area (TPSA) is 59.6 Å². The van der Waals surface area contributed by atoms with Crippen LogP contribution in [0.1, 0.15) is 25.5 Å². The first-order valence-corrected chi connectivity index (χ1v) is 8.31. The molecular weight excluding hydrogens is 366 g/mol. The minimum absolute atomic E-state index is 0.0323. The van der Waals surface area contributed by atoms with E-state index < -0.39 is 18.7 Å². The number of hydrogen-bond donors (Lipinski definition) is 2. The molecule has 8 heteroatoms. The highest BCUT2D eigenvalue weighted by Crippen LogP contribution is 2.27. The van der Waals surface area contributed by atoms with Gasteiger partial charge in [0.05, 0.1) is 17.7 Å². The number of benzene rings is 2. The highest BCUT2D eigenvalue weighted by Gasteiger charge is 2.12. The van der Waals surface area contributed by atoms with Gasteiger partial charge in [-0.25, -0.2) is 4.79 Å².